The third-order valence-electron chi connectivity index (χ3n) is 2.79. The first-order valence-corrected chi connectivity index (χ1v) is 7.59. The van der Waals surface area contributed by atoms with E-state index in [1.165, 1.54) is 9.99 Å². The van der Waals surface area contributed by atoms with Crippen LogP contribution in [0, 0.1) is 3.57 Å². The minimum absolute atomic E-state index is 0.615. The van der Waals surface area contributed by atoms with E-state index in [9.17, 15) is 0 Å². The summed E-state index contributed by atoms with van der Waals surface area (Å²) >= 11 is 2.28. The van der Waals surface area contributed by atoms with E-state index >= 15 is 0 Å². The van der Waals surface area contributed by atoms with E-state index in [-0.39, 0.29) is 0 Å². The van der Waals surface area contributed by atoms with Crippen LogP contribution < -0.4 is 10.1 Å². The Balaban J connectivity index is 1.97. The Morgan fingerprint density at radius 3 is 2.56 bits per heavy atom. The van der Waals surface area contributed by atoms with E-state index in [2.05, 4.69) is 41.8 Å². The fourth-order valence-electron chi connectivity index (χ4n) is 1.45. The summed E-state index contributed by atoms with van der Waals surface area (Å²) in [6.45, 7) is 7.53. The lowest BCUT2D eigenvalue weighted by Gasteiger charge is -2.09. The quantitative estimate of drug-likeness (QED) is 0.538. The summed E-state index contributed by atoms with van der Waals surface area (Å²) in [5.41, 5.74) is 0. The van der Waals surface area contributed by atoms with Crippen molar-refractivity contribution in [2.45, 2.75) is 26.3 Å². The van der Waals surface area contributed by atoms with Crippen molar-refractivity contribution < 1.29 is 14.8 Å². The number of halogens is 1. The average Bonchev–Trinajstić information content (AvgIpc) is 2.39. The van der Waals surface area contributed by atoms with Crippen LogP contribution in [-0.2, 0) is 4.74 Å². The van der Waals surface area contributed by atoms with Gasteiger partial charge in [-0.2, -0.15) is 0 Å². The zero-order valence-corrected chi connectivity index (χ0v) is 13.4. The van der Waals surface area contributed by atoms with Crippen molar-refractivity contribution in [3.8, 4) is 5.75 Å². The van der Waals surface area contributed by atoms with Crippen LogP contribution >= 0.6 is 22.6 Å². The topological polar surface area (TPSA) is 35.1 Å². The molecular weight excluding hydrogens is 341 g/mol. The normalized spacial score (nSPS) is 12.4. The predicted molar refractivity (Wildman–Crippen MR) is 82.0 cm³/mol. The van der Waals surface area contributed by atoms with Gasteiger partial charge in [-0.15, -0.1) is 0 Å². The van der Waals surface area contributed by atoms with Crippen LogP contribution in [-0.4, -0.2) is 32.4 Å². The molecule has 0 amide bonds. The van der Waals surface area contributed by atoms with Crippen molar-refractivity contribution in [3.05, 3.63) is 27.8 Å². The fourth-order valence-corrected chi connectivity index (χ4v) is 1.81. The molecule has 0 radical (unpaired) electrons. The highest BCUT2D eigenvalue weighted by Gasteiger charge is 2.00. The van der Waals surface area contributed by atoms with E-state index in [4.69, 9.17) is 9.47 Å². The molecule has 0 unspecified atom stereocenters. The number of benzene rings is 1. The van der Waals surface area contributed by atoms with Crippen molar-refractivity contribution in [2.75, 3.05) is 26.4 Å². The number of quaternary nitrogens is 1. The largest absolute Gasteiger partial charge is 0.491 e. The maximum absolute atomic E-state index is 5.57. The van der Waals surface area contributed by atoms with Gasteiger partial charge in [-0.05, 0) is 60.2 Å². The van der Waals surface area contributed by atoms with Crippen molar-refractivity contribution in [1.29, 1.82) is 0 Å². The van der Waals surface area contributed by atoms with Crippen LogP contribution in [0.4, 0.5) is 0 Å². The summed E-state index contributed by atoms with van der Waals surface area (Å²) in [7, 11) is 0. The van der Waals surface area contributed by atoms with Crippen LogP contribution in [0.15, 0.2) is 24.3 Å². The van der Waals surface area contributed by atoms with Gasteiger partial charge in [-0.3, -0.25) is 0 Å². The summed E-state index contributed by atoms with van der Waals surface area (Å²) in [5, 5.41) is 2.32. The maximum atomic E-state index is 5.57. The van der Waals surface area contributed by atoms with Gasteiger partial charge in [0.25, 0.3) is 0 Å². The van der Waals surface area contributed by atoms with Crippen molar-refractivity contribution in [3.63, 3.8) is 0 Å². The monoisotopic (exact) mass is 364 g/mol. The Hall–Kier alpha value is -0.330. The Labute approximate surface area is 123 Å². The zero-order valence-electron chi connectivity index (χ0n) is 11.2. The summed E-state index contributed by atoms with van der Waals surface area (Å²) in [6.07, 6.45) is 1.20. The summed E-state index contributed by atoms with van der Waals surface area (Å²) < 4.78 is 12.3. The molecule has 0 aromatic heterocycles. The molecule has 0 aliphatic heterocycles. The molecule has 0 heterocycles. The Morgan fingerprint density at radius 2 is 1.89 bits per heavy atom. The van der Waals surface area contributed by atoms with Crippen LogP contribution in [0.5, 0.6) is 5.75 Å². The van der Waals surface area contributed by atoms with Crippen molar-refractivity contribution >= 4 is 22.6 Å². The minimum Gasteiger partial charge on any atom is -0.491 e. The Kier molecular flexibility index (Phi) is 8.37. The smallest absolute Gasteiger partial charge is 0.119 e. The lowest BCUT2D eigenvalue weighted by atomic mass is 10.3. The summed E-state index contributed by atoms with van der Waals surface area (Å²) in [6, 6.07) is 8.74. The van der Waals surface area contributed by atoms with Crippen molar-refractivity contribution in [2.24, 2.45) is 0 Å². The van der Waals surface area contributed by atoms with Gasteiger partial charge >= 0.3 is 0 Å². The van der Waals surface area contributed by atoms with Crippen LogP contribution in [0.1, 0.15) is 20.3 Å². The third kappa shape index (κ3) is 7.18. The number of ether oxygens (including phenoxy) is 2. The van der Waals surface area contributed by atoms with Gasteiger partial charge in [0.1, 0.15) is 12.4 Å². The molecule has 102 valence electrons. The van der Waals surface area contributed by atoms with Crippen LogP contribution in [0.3, 0.4) is 0 Å². The molecule has 18 heavy (non-hydrogen) atoms. The first-order valence-electron chi connectivity index (χ1n) is 6.51. The molecule has 2 N–H and O–H groups in total. The molecule has 1 aromatic rings. The molecule has 0 saturated heterocycles. The first-order chi connectivity index (χ1) is 8.72. The second kappa shape index (κ2) is 9.58. The standard InChI is InChI=1S/C14H22INO2/c1-3-12(2)16-8-9-17-10-11-18-14-6-4-13(15)5-7-14/h4-7,12,16H,3,8-11H2,1-2H3/p+1/t12-/m1/s1. The first kappa shape index (κ1) is 15.7. The second-order valence-electron chi connectivity index (χ2n) is 4.32. The number of nitrogens with two attached hydrogens (primary N) is 1. The molecule has 1 aromatic carbocycles. The van der Waals surface area contributed by atoms with Gasteiger partial charge in [0, 0.05) is 3.57 Å². The van der Waals surface area contributed by atoms with E-state index in [0.29, 0.717) is 19.3 Å². The molecule has 0 bridgehead atoms. The molecule has 0 saturated carbocycles. The van der Waals surface area contributed by atoms with Gasteiger partial charge < -0.3 is 14.8 Å². The highest BCUT2D eigenvalue weighted by molar-refractivity contribution is 14.1. The minimum atomic E-state index is 0.615. The average molecular weight is 364 g/mol. The van der Waals surface area contributed by atoms with Gasteiger partial charge in [0.2, 0.25) is 0 Å². The number of hydrogen-bond donors (Lipinski definition) is 1. The highest BCUT2D eigenvalue weighted by atomic mass is 127. The molecule has 0 spiro atoms. The summed E-state index contributed by atoms with van der Waals surface area (Å²) in [4.78, 5) is 0. The Bertz CT molecular complexity index is 316. The molecule has 0 fully saturated rings. The lowest BCUT2D eigenvalue weighted by molar-refractivity contribution is -0.687. The number of rotatable bonds is 9. The second-order valence-corrected chi connectivity index (χ2v) is 5.57. The van der Waals surface area contributed by atoms with Gasteiger partial charge in [-0.25, -0.2) is 0 Å². The molecular formula is C14H23INO2+. The fraction of sp³-hybridized carbons (Fsp3) is 0.571. The SMILES string of the molecule is CC[C@@H](C)[NH2+]CCOCCOc1ccc(I)cc1. The molecule has 1 atom stereocenters. The summed E-state index contributed by atoms with van der Waals surface area (Å²) in [5.74, 6) is 0.908. The van der Waals surface area contributed by atoms with Gasteiger partial charge in [0.15, 0.2) is 0 Å². The third-order valence-corrected chi connectivity index (χ3v) is 3.50. The lowest BCUT2D eigenvalue weighted by Crippen LogP contribution is -2.90. The molecule has 0 aliphatic carbocycles. The maximum Gasteiger partial charge on any atom is 0.119 e. The number of hydrogen-bond acceptors (Lipinski definition) is 2. The van der Waals surface area contributed by atoms with E-state index in [1.54, 1.807) is 0 Å². The predicted octanol–water partition coefficient (Wildman–Crippen LogP) is 2.05. The van der Waals surface area contributed by atoms with Gasteiger partial charge in [0.05, 0.1) is 25.8 Å². The van der Waals surface area contributed by atoms with Crippen LogP contribution in [0.2, 0.25) is 0 Å². The molecule has 4 heteroatoms. The van der Waals surface area contributed by atoms with E-state index in [1.807, 2.05) is 24.3 Å². The van der Waals surface area contributed by atoms with Crippen molar-refractivity contribution in [1.82, 2.24) is 0 Å². The molecule has 1 rings (SSSR count). The van der Waals surface area contributed by atoms with Gasteiger partial charge in [-0.1, -0.05) is 6.92 Å². The van der Waals surface area contributed by atoms with Crippen LogP contribution in [0.25, 0.3) is 0 Å². The van der Waals surface area contributed by atoms with E-state index < -0.39 is 0 Å². The Morgan fingerprint density at radius 1 is 1.17 bits per heavy atom. The zero-order chi connectivity index (χ0) is 13.2. The van der Waals surface area contributed by atoms with E-state index in [0.717, 1.165) is 18.9 Å². The molecule has 0 aliphatic rings. The highest BCUT2D eigenvalue weighted by Crippen LogP contribution is 2.12. The molecule has 3 nitrogen and oxygen atoms in total.